The van der Waals surface area contributed by atoms with Crippen LogP contribution < -0.4 is 4.74 Å². The fourth-order valence-corrected chi connectivity index (χ4v) is 2.28. The molecule has 1 heterocycles. The first kappa shape index (κ1) is 10.9. The molecular weight excluding hydrogens is 220 g/mol. The normalized spacial score (nSPS) is 10.1. The lowest BCUT2D eigenvalue weighted by atomic mass is 10.1. The molecule has 0 amide bonds. The maximum Gasteiger partial charge on any atom is 0.160 e. The second kappa shape index (κ2) is 4.94. The highest BCUT2D eigenvalue weighted by atomic mass is 32.1. The summed E-state index contributed by atoms with van der Waals surface area (Å²) in [6, 6.07) is 9.89. The van der Waals surface area contributed by atoms with Gasteiger partial charge in [-0.1, -0.05) is 12.1 Å². The van der Waals surface area contributed by atoms with E-state index in [0.717, 1.165) is 23.3 Å². The molecule has 1 aromatic heterocycles. The minimum Gasteiger partial charge on any atom is -0.497 e. The average Bonchev–Trinajstić information content (AvgIpc) is 2.77. The second-order valence-corrected chi connectivity index (χ2v) is 4.45. The van der Waals surface area contributed by atoms with Gasteiger partial charge in [-0.15, -0.1) is 11.3 Å². The van der Waals surface area contributed by atoms with Gasteiger partial charge in [0.25, 0.3) is 0 Å². The predicted molar refractivity (Wildman–Crippen MR) is 65.5 cm³/mol. The first-order valence-corrected chi connectivity index (χ1v) is 5.85. The van der Waals surface area contributed by atoms with E-state index >= 15 is 0 Å². The molecule has 0 spiro atoms. The van der Waals surface area contributed by atoms with Crippen LogP contribution in [0, 0.1) is 0 Å². The number of thiophene rings is 1. The largest absolute Gasteiger partial charge is 0.497 e. The van der Waals surface area contributed by atoms with Crippen molar-refractivity contribution in [3.05, 3.63) is 51.7 Å². The lowest BCUT2D eigenvalue weighted by Crippen LogP contribution is -1.88. The fourth-order valence-electron chi connectivity index (χ4n) is 1.57. The average molecular weight is 232 g/mol. The van der Waals surface area contributed by atoms with Crippen LogP contribution in [0.15, 0.2) is 35.7 Å². The van der Waals surface area contributed by atoms with Gasteiger partial charge in [-0.3, -0.25) is 4.79 Å². The lowest BCUT2D eigenvalue weighted by Gasteiger charge is -2.02. The summed E-state index contributed by atoms with van der Waals surface area (Å²) in [5.41, 5.74) is 2.36. The maximum atomic E-state index is 10.6. The molecule has 0 aliphatic rings. The number of carbonyl (C=O) groups is 1. The quantitative estimate of drug-likeness (QED) is 0.757. The van der Waals surface area contributed by atoms with Gasteiger partial charge < -0.3 is 4.74 Å². The van der Waals surface area contributed by atoms with Crippen molar-refractivity contribution in [2.75, 3.05) is 7.11 Å². The number of rotatable bonds is 4. The van der Waals surface area contributed by atoms with Crippen molar-refractivity contribution in [1.82, 2.24) is 0 Å². The van der Waals surface area contributed by atoms with Crippen molar-refractivity contribution in [2.24, 2.45) is 0 Å². The molecule has 0 radical (unpaired) electrons. The Morgan fingerprint density at radius 3 is 2.88 bits per heavy atom. The standard InChI is InChI=1S/C13H12O2S/c1-15-12-4-2-3-10(6-12)5-11-7-13(8-14)16-9-11/h2-4,6-9H,5H2,1H3. The van der Waals surface area contributed by atoms with E-state index in [1.165, 1.54) is 22.5 Å². The van der Waals surface area contributed by atoms with E-state index in [1.54, 1.807) is 7.11 Å². The molecule has 16 heavy (non-hydrogen) atoms. The molecule has 0 unspecified atom stereocenters. The maximum absolute atomic E-state index is 10.6. The minimum atomic E-state index is 0.776. The Bertz CT molecular complexity index is 488. The number of hydrogen-bond acceptors (Lipinski definition) is 3. The zero-order valence-corrected chi connectivity index (χ0v) is 9.79. The van der Waals surface area contributed by atoms with Gasteiger partial charge in [-0.2, -0.15) is 0 Å². The Balaban J connectivity index is 2.16. The summed E-state index contributed by atoms with van der Waals surface area (Å²) in [7, 11) is 1.66. The van der Waals surface area contributed by atoms with Crippen LogP contribution in [0.1, 0.15) is 20.8 Å². The molecular formula is C13H12O2S. The molecule has 1 aromatic carbocycles. The van der Waals surface area contributed by atoms with Crippen LogP contribution >= 0.6 is 11.3 Å². The van der Waals surface area contributed by atoms with Crippen molar-refractivity contribution in [3.63, 3.8) is 0 Å². The van der Waals surface area contributed by atoms with Crippen molar-refractivity contribution in [2.45, 2.75) is 6.42 Å². The molecule has 2 rings (SSSR count). The highest BCUT2D eigenvalue weighted by Crippen LogP contribution is 2.19. The number of ether oxygens (including phenoxy) is 1. The van der Waals surface area contributed by atoms with E-state index in [4.69, 9.17) is 4.74 Å². The molecule has 0 N–H and O–H groups in total. The Morgan fingerprint density at radius 2 is 2.19 bits per heavy atom. The van der Waals surface area contributed by atoms with Gasteiger partial charge in [0.1, 0.15) is 5.75 Å². The summed E-state index contributed by atoms with van der Waals surface area (Å²) in [6.07, 6.45) is 1.72. The molecule has 0 atom stereocenters. The zero-order valence-electron chi connectivity index (χ0n) is 8.97. The summed E-state index contributed by atoms with van der Waals surface area (Å²) >= 11 is 1.48. The second-order valence-electron chi connectivity index (χ2n) is 3.50. The van der Waals surface area contributed by atoms with E-state index < -0.39 is 0 Å². The summed E-state index contributed by atoms with van der Waals surface area (Å²) in [6.45, 7) is 0. The summed E-state index contributed by atoms with van der Waals surface area (Å²) < 4.78 is 5.17. The summed E-state index contributed by atoms with van der Waals surface area (Å²) in [5, 5.41) is 2.02. The van der Waals surface area contributed by atoms with E-state index in [-0.39, 0.29) is 0 Å². The number of benzene rings is 1. The van der Waals surface area contributed by atoms with Crippen molar-refractivity contribution < 1.29 is 9.53 Å². The summed E-state index contributed by atoms with van der Waals surface area (Å²) in [4.78, 5) is 11.3. The molecule has 0 bridgehead atoms. The highest BCUT2D eigenvalue weighted by molar-refractivity contribution is 7.11. The van der Waals surface area contributed by atoms with Crippen molar-refractivity contribution in [1.29, 1.82) is 0 Å². The minimum absolute atomic E-state index is 0.776. The number of aldehydes is 1. The van der Waals surface area contributed by atoms with Crippen molar-refractivity contribution in [3.8, 4) is 5.75 Å². The van der Waals surface area contributed by atoms with E-state index in [1.807, 2.05) is 29.6 Å². The highest BCUT2D eigenvalue weighted by Gasteiger charge is 2.01. The van der Waals surface area contributed by atoms with Crippen LogP contribution in [0.2, 0.25) is 0 Å². The third-order valence-corrected chi connectivity index (χ3v) is 3.24. The molecule has 0 aliphatic carbocycles. The Kier molecular flexibility index (Phi) is 3.37. The van der Waals surface area contributed by atoms with E-state index in [9.17, 15) is 4.79 Å². The van der Waals surface area contributed by atoms with Gasteiger partial charge in [-0.25, -0.2) is 0 Å². The Morgan fingerprint density at radius 1 is 1.31 bits per heavy atom. The van der Waals surface area contributed by atoms with Crippen LogP contribution in [0.5, 0.6) is 5.75 Å². The molecule has 0 saturated carbocycles. The van der Waals surface area contributed by atoms with Crippen LogP contribution in [0.25, 0.3) is 0 Å². The number of carbonyl (C=O) groups excluding carboxylic acids is 1. The van der Waals surface area contributed by atoms with Crippen molar-refractivity contribution >= 4 is 17.6 Å². The van der Waals surface area contributed by atoms with Crippen LogP contribution in [-0.4, -0.2) is 13.4 Å². The monoisotopic (exact) mass is 232 g/mol. The third kappa shape index (κ3) is 2.49. The predicted octanol–water partition coefficient (Wildman–Crippen LogP) is 3.16. The van der Waals surface area contributed by atoms with Crippen LogP contribution in [0.4, 0.5) is 0 Å². The Labute approximate surface area is 98.5 Å². The number of hydrogen-bond donors (Lipinski definition) is 0. The fraction of sp³-hybridized carbons (Fsp3) is 0.154. The van der Waals surface area contributed by atoms with Crippen LogP contribution in [0.3, 0.4) is 0 Å². The van der Waals surface area contributed by atoms with Gasteiger partial charge in [0.05, 0.1) is 12.0 Å². The zero-order chi connectivity index (χ0) is 11.4. The van der Waals surface area contributed by atoms with Gasteiger partial charge >= 0.3 is 0 Å². The van der Waals surface area contributed by atoms with E-state index in [0.29, 0.717) is 0 Å². The third-order valence-electron chi connectivity index (χ3n) is 2.33. The topological polar surface area (TPSA) is 26.3 Å². The Hall–Kier alpha value is -1.61. The van der Waals surface area contributed by atoms with Gasteiger partial charge in [0.15, 0.2) is 6.29 Å². The van der Waals surface area contributed by atoms with Gasteiger partial charge in [0, 0.05) is 0 Å². The molecule has 82 valence electrons. The summed E-state index contributed by atoms with van der Waals surface area (Å²) in [5.74, 6) is 0.864. The van der Waals surface area contributed by atoms with Crippen LogP contribution in [-0.2, 0) is 6.42 Å². The molecule has 0 saturated heterocycles. The molecule has 0 aliphatic heterocycles. The molecule has 2 aromatic rings. The smallest absolute Gasteiger partial charge is 0.160 e. The number of methoxy groups -OCH3 is 1. The molecule has 2 nitrogen and oxygen atoms in total. The first-order chi connectivity index (χ1) is 7.81. The molecule has 0 fully saturated rings. The van der Waals surface area contributed by atoms with Gasteiger partial charge in [0.2, 0.25) is 0 Å². The van der Waals surface area contributed by atoms with E-state index in [2.05, 4.69) is 6.07 Å². The van der Waals surface area contributed by atoms with Gasteiger partial charge in [-0.05, 0) is 41.1 Å². The first-order valence-electron chi connectivity index (χ1n) is 4.97. The molecule has 3 heteroatoms. The lowest BCUT2D eigenvalue weighted by molar-refractivity contribution is 0.112. The SMILES string of the molecule is COc1cccc(Cc2csc(C=O)c2)c1.